The summed E-state index contributed by atoms with van der Waals surface area (Å²) in [5, 5.41) is 9.12. The van der Waals surface area contributed by atoms with E-state index in [4.69, 9.17) is 17.3 Å². The zero-order chi connectivity index (χ0) is 16.8. The summed E-state index contributed by atoms with van der Waals surface area (Å²) in [5.74, 6) is 0. The molecule has 0 saturated carbocycles. The van der Waals surface area contributed by atoms with Crippen LogP contribution in [0.2, 0.25) is 0 Å². The summed E-state index contributed by atoms with van der Waals surface area (Å²) in [6.45, 7) is 1.32. The molecule has 2 aromatic heterocycles. The van der Waals surface area contributed by atoms with Crippen molar-refractivity contribution in [2.45, 2.75) is 19.6 Å². The second kappa shape index (κ2) is 5.34. The second-order valence-electron chi connectivity index (χ2n) is 5.83. The molecule has 0 bridgehead atoms. The summed E-state index contributed by atoms with van der Waals surface area (Å²) < 4.78 is 2.22. The number of H-pyrrole nitrogens is 2. The Bertz CT molecular complexity index is 1080. The number of hydrogen-bond donors (Lipinski definition) is 3. The Hall–Kier alpha value is -2.87. The van der Waals surface area contributed by atoms with E-state index in [0.29, 0.717) is 29.9 Å². The SMILES string of the molecule is O=C(O)N1Cc2ccc(Cn3c(=S)[nH]c(=O)c4[nH]ccc43)cc2C1. The summed E-state index contributed by atoms with van der Waals surface area (Å²) in [7, 11) is 0. The van der Waals surface area contributed by atoms with E-state index in [1.807, 2.05) is 28.8 Å². The molecule has 1 aromatic carbocycles. The fraction of sp³-hybridized carbons (Fsp3) is 0.188. The number of carboxylic acid groups (broad SMARTS) is 1. The van der Waals surface area contributed by atoms with Gasteiger partial charge >= 0.3 is 6.09 Å². The van der Waals surface area contributed by atoms with Crippen LogP contribution in [0.25, 0.3) is 11.0 Å². The lowest BCUT2D eigenvalue weighted by Crippen LogP contribution is -2.22. The summed E-state index contributed by atoms with van der Waals surface area (Å²) in [4.78, 5) is 30.0. The van der Waals surface area contributed by atoms with Crippen molar-refractivity contribution in [2.75, 3.05) is 0 Å². The molecular weight excluding hydrogens is 328 g/mol. The number of amides is 1. The number of rotatable bonds is 2. The van der Waals surface area contributed by atoms with Gasteiger partial charge in [-0.3, -0.25) is 14.7 Å². The summed E-state index contributed by atoms with van der Waals surface area (Å²) in [5.41, 5.74) is 4.04. The first kappa shape index (κ1) is 14.7. The molecule has 3 N–H and O–H groups in total. The molecule has 0 spiro atoms. The molecule has 0 unspecified atom stereocenters. The summed E-state index contributed by atoms with van der Waals surface area (Å²) in [6, 6.07) is 7.75. The number of carbonyl (C=O) groups is 1. The van der Waals surface area contributed by atoms with Crippen LogP contribution in [0.5, 0.6) is 0 Å². The van der Waals surface area contributed by atoms with E-state index in [1.165, 1.54) is 4.90 Å². The second-order valence-corrected chi connectivity index (χ2v) is 6.21. The zero-order valence-corrected chi connectivity index (χ0v) is 13.4. The molecule has 7 nitrogen and oxygen atoms in total. The standard InChI is InChI=1S/C16H14N4O3S/c21-14-13-12(3-4-17-13)20(15(24)18-14)6-9-1-2-10-7-19(16(22)23)8-11(10)5-9/h1-5,17H,6-8H2,(H,22,23)(H,18,21,24). The summed E-state index contributed by atoms with van der Waals surface area (Å²) in [6.07, 6.45) is 0.795. The van der Waals surface area contributed by atoms with E-state index < -0.39 is 6.09 Å². The van der Waals surface area contributed by atoms with Gasteiger partial charge in [-0.2, -0.15) is 0 Å². The van der Waals surface area contributed by atoms with Crippen molar-refractivity contribution in [1.29, 1.82) is 0 Å². The van der Waals surface area contributed by atoms with Crippen LogP contribution in [0.4, 0.5) is 4.79 Å². The lowest BCUT2D eigenvalue weighted by molar-refractivity contribution is 0.145. The van der Waals surface area contributed by atoms with Gasteiger partial charge in [-0.25, -0.2) is 4.79 Å². The smallest absolute Gasteiger partial charge is 0.407 e. The van der Waals surface area contributed by atoms with Gasteiger partial charge < -0.3 is 14.7 Å². The van der Waals surface area contributed by atoms with Crippen LogP contribution < -0.4 is 5.56 Å². The van der Waals surface area contributed by atoms with Gasteiger partial charge in [-0.05, 0) is 35.0 Å². The quantitative estimate of drug-likeness (QED) is 0.624. The number of nitrogens with one attached hydrogen (secondary N) is 2. The average molecular weight is 342 g/mol. The molecule has 0 radical (unpaired) electrons. The van der Waals surface area contributed by atoms with Gasteiger partial charge in [0, 0.05) is 19.3 Å². The largest absolute Gasteiger partial charge is 0.465 e. The fourth-order valence-corrected chi connectivity index (χ4v) is 3.38. The van der Waals surface area contributed by atoms with Gasteiger partial charge in [0.1, 0.15) is 5.52 Å². The van der Waals surface area contributed by atoms with Crippen LogP contribution in [-0.2, 0) is 19.6 Å². The average Bonchev–Trinajstić information content (AvgIpc) is 3.17. The number of aromatic amines is 2. The van der Waals surface area contributed by atoms with Crippen LogP contribution in [-0.4, -0.2) is 30.6 Å². The highest BCUT2D eigenvalue weighted by molar-refractivity contribution is 7.71. The molecule has 4 rings (SSSR count). The van der Waals surface area contributed by atoms with Gasteiger partial charge in [0.05, 0.1) is 12.1 Å². The molecule has 1 aliphatic heterocycles. The molecule has 0 fully saturated rings. The maximum atomic E-state index is 11.9. The van der Waals surface area contributed by atoms with Crippen LogP contribution in [0.15, 0.2) is 35.3 Å². The Morgan fingerprint density at radius 2 is 2.04 bits per heavy atom. The van der Waals surface area contributed by atoms with Crippen molar-refractivity contribution >= 4 is 29.3 Å². The Kier molecular flexibility index (Phi) is 3.27. The minimum absolute atomic E-state index is 0.234. The Balaban J connectivity index is 1.72. The van der Waals surface area contributed by atoms with E-state index in [9.17, 15) is 9.59 Å². The molecule has 24 heavy (non-hydrogen) atoms. The molecule has 8 heteroatoms. The van der Waals surface area contributed by atoms with E-state index in [1.54, 1.807) is 6.20 Å². The summed E-state index contributed by atoms with van der Waals surface area (Å²) >= 11 is 5.29. The number of nitrogens with zero attached hydrogens (tertiary/aromatic N) is 2. The molecule has 122 valence electrons. The van der Waals surface area contributed by atoms with Crippen molar-refractivity contribution in [3.63, 3.8) is 0 Å². The maximum absolute atomic E-state index is 11.9. The molecule has 0 aliphatic carbocycles. The van der Waals surface area contributed by atoms with E-state index in [0.717, 1.165) is 22.2 Å². The van der Waals surface area contributed by atoms with Gasteiger partial charge in [-0.1, -0.05) is 18.2 Å². The van der Waals surface area contributed by atoms with Crippen molar-refractivity contribution in [3.8, 4) is 0 Å². The fourth-order valence-electron chi connectivity index (χ4n) is 3.13. The number of hydrogen-bond acceptors (Lipinski definition) is 3. The molecule has 1 amide bonds. The normalized spacial score (nSPS) is 13.4. The number of benzene rings is 1. The molecule has 1 aliphatic rings. The minimum atomic E-state index is -0.912. The Morgan fingerprint density at radius 1 is 1.25 bits per heavy atom. The number of aromatic nitrogens is 3. The highest BCUT2D eigenvalue weighted by atomic mass is 32.1. The highest BCUT2D eigenvalue weighted by Gasteiger charge is 2.22. The molecule has 3 aromatic rings. The lowest BCUT2D eigenvalue weighted by Gasteiger charge is -2.10. The highest BCUT2D eigenvalue weighted by Crippen LogP contribution is 2.24. The number of fused-ring (bicyclic) bond motifs is 2. The molecule has 3 heterocycles. The van der Waals surface area contributed by atoms with Gasteiger partial charge in [-0.15, -0.1) is 0 Å². The van der Waals surface area contributed by atoms with Crippen molar-refractivity contribution in [3.05, 3.63) is 62.3 Å². The third-order valence-electron chi connectivity index (χ3n) is 4.31. The van der Waals surface area contributed by atoms with Crippen molar-refractivity contribution in [2.24, 2.45) is 0 Å². The van der Waals surface area contributed by atoms with E-state index in [2.05, 4.69) is 9.97 Å². The molecular formula is C16H14N4O3S. The minimum Gasteiger partial charge on any atom is -0.465 e. The predicted octanol–water partition coefficient (Wildman–Crippen LogP) is 2.43. The van der Waals surface area contributed by atoms with Crippen LogP contribution in [0.1, 0.15) is 16.7 Å². The van der Waals surface area contributed by atoms with Gasteiger partial charge in [0.15, 0.2) is 4.77 Å². The van der Waals surface area contributed by atoms with E-state index >= 15 is 0 Å². The van der Waals surface area contributed by atoms with Crippen molar-refractivity contribution < 1.29 is 9.90 Å². The van der Waals surface area contributed by atoms with Crippen LogP contribution in [0, 0.1) is 4.77 Å². The Morgan fingerprint density at radius 3 is 2.83 bits per heavy atom. The van der Waals surface area contributed by atoms with Gasteiger partial charge in [0.25, 0.3) is 5.56 Å². The predicted molar refractivity (Wildman–Crippen MR) is 90.6 cm³/mol. The molecule has 0 atom stereocenters. The van der Waals surface area contributed by atoms with Crippen LogP contribution in [0.3, 0.4) is 0 Å². The van der Waals surface area contributed by atoms with Gasteiger partial charge in [0.2, 0.25) is 0 Å². The van der Waals surface area contributed by atoms with E-state index in [-0.39, 0.29) is 5.56 Å². The monoisotopic (exact) mass is 342 g/mol. The first-order valence-electron chi connectivity index (χ1n) is 7.41. The molecule has 0 saturated heterocycles. The van der Waals surface area contributed by atoms with Crippen LogP contribution >= 0.6 is 12.2 Å². The first-order valence-corrected chi connectivity index (χ1v) is 7.82. The third-order valence-corrected chi connectivity index (χ3v) is 4.64. The first-order chi connectivity index (χ1) is 11.5. The Labute approximate surface area is 141 Å². The third kappa shape index (κ3) is 2.31. The lowest BCUT2D eigenvalue weighted by atomic mass is 10.1. The maximum Gasteiger partial charge on any atom is 0.407 e. The zero-order valence-electron chi connectivity index (χ0n) is 12.6. The van der Waals surface area contributed by atoms with Crippen molar-refractivity contribution in [1.82, 2.24) is 19.4 Å². The topological polar surface area (TPSA) is 94.1 Å².